The first-order valence-corrected chi connectivity index (χ1v) is 3.15. The Kier molecular flexibility index (Phi) is 4.86. The van der Waals surface area contributed by atoms with Crippen molar-refractivity contribution in [2.75, 3.05) is 6.54 Å². The minimum Gasteiger partial charge on any atom is -0.235 e. The maximum atomic E-state index is 9.66. The quantitative estimate of drug-likeness (QED) is 0.344. The Morgan fingerprint density at radius 1 is 1.56 bits per heavy atom. The van der Waals surface area contributed by atoms with Gasteiger partial charge in [-0.1, -0.05) is 19.8 Å². The fourth-order valence-corrected chi connectivity index (χ4v) is 0.545. The lowest BCUT2D eigenvalue weighted by Crippen LogP contribution is -2.22. The molecular weight excluding hydrogens is 120 g/mol. The first-order chi connectivity index (χ1) is 4.27. The van der Waals surface area contributed by atoms with Gasteiger partial charge in [0.25, 0.3) is 0 Å². The van der Waals surface area contributed by atoms with Crippen LogP contribution in [0.25, 0.3) is 0 Å². The van der Waals surface area contributed by atoms with Gasteiger partial charge in [0.2, 0.25) is 0 Å². The topological polar surface area (TPSA) is 55.2 Å². The van der Waals surface area contributed by atoms with E-state index in [0.29, 0.717) is 6.54 Å². The lowest BCUT2D eigenvalue weighted by atomic mass is 10.3. The van der Waals surface area contributed by atoms with E-state index < -0.39 is 5.03 Å². The van der Waals surface area contributed by atoms with E-state index in [1.54, 1.807) is 0 Å². The molecule has 9 heavy (non-hydrogen) atoms. The summed E-state index contributed by atoms with van der Waals surface area (Å²) >= 11 is 0. The van der Waals surface area contributed by atoms with Crippen LogP contribution < -0.4 is 5.43 Å². The fourth-order valence-electron chi connectivity index (χ4n) is 0.545. The van der Waals surface area contributed by atoms with Gasteiger partial charge in [-0.05, 0) is 6.42 Å². The lowest BCUT2D eigenvalue weighted by Gasteiger charge is -1.93. The van der Waals surface area contributed by atoms with Gasteiger partial charge in [0.1, 0.15) is 0 Å². The number of nitrogens with one attached hydrogen (secondary N) is 1. The molecule has 0 aromatic carbocycles. The number of unbranched alkanes of at least 4 members (excludes halogenated alkanes) is 2. The average Bonchev–Trinajstić information content (AvgIpc) is 1.80. The molecule has 0 spiro atoms. The molecule has 0 atom stereocenters. The van der Waals surface area contributed by atoms with Crippen molar-refractivity contribution in [2.24, 2.45) is 0 Å². The Morgan fingerprint density at radius 2 is 2.22 bits per heavy atom. The van der Waals surface area contributed by atoms with E-state index in [-0.39, 0.29) is 0 Å². The SMILES string of the molecule is CCCCCN[N+](=O)[O-]. The van der Waals surface area contributed by atoms with Gasteiger partial charge in [-0.3, -0.25) is 0 Å². The summed E-state index contributed by atoms with van der Waals surface area (Å²) in [4.78, 5) is 9.66. The highest BCUT2D eigenvalue weighted by atomic mass is 16.7. The summed E-state index contributed by atoms with van der Waals surface area (Å²) < 4.78 is 0. The molecule has 0 aromatic rings. The smallest absolute Gasteiger partial charge is 0.157 e. The summed E-state index contributed by atoms with van der Waals surface area (Å²) in [6.07, 6.45) is 3.04. The van der Waals surface area contributed by atoms with Gasteiger partial charge in [-0.15, -0.1) is 5.43 Å². The van der Waals surface area contributed by atoms with Crippen LogP contribution in [0.15, 0.2) is 0 Å². The molecule has 0 fully saturated rings. The number of rotatable bonds is 5. The molecule has 0 aliphatic rings. The summed E-state index contributed by atoms with van der Waals surface area (Å²) in [7, 11) is 0. The van der Waals surface area contributed by atoms with Gasteiger partial charge in [-0.25, -0.2) is 10.1 Å². The van der Waals surface area contributed by atoms with E-state index in [9.17, 15) is 10.1 Å². The number of nitro groups is 1. The second-order valence-corrected chi connectivity index (χ2v) is 1.87. The zero-order chi connectivity index (χ0) is 7.11. The average molecular weight is 132 g/mol. The first-order valence-electron chi connectivity index (χ1n) is 3.15. The molecule has 0 saturated carbocycles. The van der Waals surface area contributed by atoms with Gasteiger partial charge in [0, 0.05) is 0 Å². The van der Waals surface area contributed by atoms with Gasteiger partial charge < -0.3 is 0 Å². The van der Waals surface area contributed by atoms with Crippen LogP contribution in [-0.4, -0.2) is 11.6 Å². The maximum Gasteiger partial charge on any atom is 0.157 e. The van der Waals surface area contributed by atoms with Crippen molar-refractivity contribution in [3.63, 3.8) is 0 Å². The molecule has 0 aliphatic heterocycles. The minimum atomic E-state index is -0.504. The Hall–Kier alpha value is -0.800. The molecule has 0 saturated heterocycles. The number of hydrogen-bond acceptors (Lipinski definition) is 2. The van der Waals surface area contributed by atoms with Crippen molar-refractivity contribution in [1.29, 1.82) is 0 Å². The van der Waals surface area contributed by atoms with Crippen LogP contribution in [-0.2, 0) is 0 Å². The molecule has 0 aromatic heterocycles. The normalized spacial score (nSPS) is 9.00. The van der Waals surface area contributed by atoms with Crippen LogP contribution >= 0.6 is 0 Å². The zero-order valence-electron chi connectivity index (χ0n) is 5.59. The number of hydrogen-bond donors (Lipinski definition) is 1. The van der Waals surface area contributed by atoms with Crippen molar-refractivity contribution in [1.82, 2.24) is 5.43 Å². The van der Waals surface area contributed by atoms with Crippen LogP contribution in [0.2, 0.25) is 0 Å². The molecule has 0 bridgehead atoms. The molecule has 1 N–H and O–H groups in total. The first kappa shape index (κ1) is 8.20. The monoisotopic (exact) mass is 132 g/mol. The molecule has 0 heterocycles. The highest BCUT2D eigenvalue weighted by Crippen LogP contribution is 1.90. The van der Waals surface area contributed by atoms with E-state index >= 15 is 0 Å². The minimum absolute atomic E-state index is 0.487. The Balaban J connectivity index is 2.83. The summed E-state index contributed by atoms with van der Waals surface area (Å²) in [6.45, 7) is 2.55. The molecule has 4 nitrogen and oxygen atoms in total. The molecule has 0 rings (SSSR count). The molecule has 0 unspecified atom stereocenters. The standard InChI is InChI=1S/C5H12N2O2/c1-2-3-4-5-6-7(8)9/h6H,2-5H2,1H3. The third-order valence-corrected chi connectivity index (χ3v) is 1.02. The summed E-state index contributed by atoms with van der Waals surface area (Å²) in [5, 5.41) is 9.15. The van der Waals surface area contributed by atoms with Gasteiger partial charge in [0.05, 0.1) is 6.54 Å². The third-order valence-electron chi connectivity index (χ3n) is 1.02. The van der Waals surface area contributed by atoms with E-state index in [1.165, 1.54) is 0 Å². The van der Waals surface area contributed by atoms with Crippen molar-refractivity contribution in [2.45, 2.75) is 26.2 Å². The third kappa shape index (κ3) is 7.20. The predicted molar refractivity (Wildman–Crippen MR) is 34.5 cm³/mol. The van der Waals surface area contributed by atoms with Gasteiger partial charge >= 0.3 is 0 Å². The van der Waals surface area contributed by atoms with Crippen LogP contribution in [0.4, 0.5) is 0 Å². The van der Waals surface area contributed by atoms with Crippen molar-refractivity contribution in [3.05, 3.63) is 10.1 Å². The van der Waals surface area contributed by atoms with Crippen LogP contribution in [0, 0.1) is 10.1 Å². The van der Waals surface area contributed by atoms with E-state index in [2.05, 4.69) is 12.3 Å². The van der Waals surface area contributed by atoms with Crippen molar-refractivity contribution in [3.8, 4) is 0 Å². The summed E-state index contributed by atoms with van der Waals surface area (Å²) in [5.41, 5.74) is 2.10. The predicted octanol–water partition coefficient (Wildman–Crippen LogP) is 0.958. The maximum absolute atomic E-state index is 9.66. The largest absolute Gasteiger partial charge is 0.235 e. The molecule has 0 amide bonds. The second-order valence-electron chi connectivity index (χ2n) is 1.87. The molecule has 54 valence electrons. The molecule has 0 radical (unpaired) electrons. The van der Waals surface area contributed by atoms with Gasteiger partial charge in [0.15, 0.2) is 5.03 Å². The van der Waals surface area contributed by atoms with Crippen LogP contribution in [0.1, 0.15) is 26.2 Å². The van der Waals surface area contributed by atoms with Crippen molar-refractivity contribution < 1.29 is 5.03 Å². The van der Waals surface area contributed by atoms with E-state index in [1.807, 2.05) is 0 Å². The van der Waals surface area contributed by atoms with E-state index in [4.69, 9.17) is 0 Å². The Morgan fingerprint density at radius 3 is 2.67 bits per heavy atom. The highest BCUT2D eigenvalue weighted by molar-refractivity contribution is 4.37. The van der Waals surface area contributed by atoms with Crippen molar-refractivity contribution >= 4 is 0 Å². The van der Waals surface area contributed by atoms with E-state index in [0.717, 1.165) is 19.3 Å². The highest BCUT2D eigenvalue weighted by Gasteiger charge is 1.90. The number of nitrogens with zero attached hydrogens (tertiary/aromatic N) is 1. The van der Waals surface area contributed by atoms with Crippen LogP contribution in [0.3, 0.4) is 0 Å². The lowest BCUT2D eigenvalue weighted by molar-refractivity contribution is -0.544. The zero-order valence-corrected chi connectivity index (χ0v) is 5.59. The van der Waals surface area contributed by atoms with Crippen LogP contribution in [0.5, 0.6) is 0 Å². The summed E-state index contributed by atoms with van der Waals surface area (Å²) in [6, 6.07) is 0. The molecule has 0 aliphatic carbocycles. The Bertz CT molecular complexity index is 85.0. The fraction of sp³-hybridized carbons (Fsp3) is 1.00. The Labute approximate surface area is 54.4 Å². The van der Waals surface area contributed by atoms with Gasteiger partial charge in [-0.2, -0.15) is 0 Å². The summed E-state index contributed by atoms with van der Waals surface area (Å²) in [5.74, 6) is 0. The molecular formula is C5H12N2O2. The second kappa shape index (κ2) is 5.34. The molecule has 4 heteroatoms. The number of hydrazine groups is 1.